The van der Waals surface area contributed by atoms with E-state index in [1.54, 1.807) is 18.2 Å². The Morgan fingerprint density at radius 1 is 0.973 bits per heavy atom. The first-order valence-electron chi connectivity index (χ1n) is 11.2. The number of carbonyl (C=O) groups excluding carboxylic acids is 1. The molecule has 1 amide bonds. The van der Waals surface area contributed by atoms with E-state index in [0.29, 0.717) is 28.2 Å². The second-order valence-electron chi connectivity index (χ2n) is 8.49. The molecule has 0 aliphatic heterocycles. The van der Waals surface area contributed by atoms with Crippen LogP contribution in [0.5, 0.6) is 0 Å². The molecule has 0 fully saturated rings. The predicted molar refractivity (Wildman–Crippen MR) is 142 cm³/mol. The van der Waals surface area contributed by atoms with E-state index in [0.717, 1.165) is 15.7 Å². The van der Waals surface area contributed by atoms with Crippen molar-refractivity contribution in [3.8, 4) is 11.3 Å². The van der Waals surface area contributed by atoms with Crippen molar-refractivity contribution in [2.75, 3.05) is 5.32 Å². The first-order valence-corrected chi connectivity index (χ1v) is 12.0. The highest BCUT2D eigenvalue weighted by Gasteiger charge is 2.18. The van der Waals surface area contributed by atoms with Crippen LogP contribution in [-0.4, -0.2) is 34.1 Å². The Labute approximate surface area is 220 Å². The summed E-state index contributed by atoms with van der Waals surface area (Å²) < 4.78 is 5.48. The molecule has 1 N–H and O–H groups in total. The summed E-state index contributed by atoms with van der Waals surface area (Å²) >= 11 is 12.3. The van der Waals surface area contributed by atoms with E-state index >= 15 is 0 Å². The summed E-state index contributed by atoms with van der Waals surface area (Å²) in [4.78, 5) is 46.8. The maximum atomic E-state index is 13.1. The number of hydrogen-bond donors (Lipinski definition) is 1. The van der Waals surface area contributed by atoms with Crippen LogP contribution in [0.25, 0.3) is 22.4 Å². The normalized spacial score (nSPS) is 11.2. The Bertz CT molecular complexity index is 1770. The quantitative estimate of drug-likeness (QED) is 0.357. The van der Waals surface area contributed by atoms with Gasteiger partial charge in [-0.2, -0.15) is 0 Å². The van der Waals surface area contributed by atoms with Gasteiger partial charge in [-0.3, -0.25) is 24.0 Å². The molecule has 5 rings (SSSR count). The Kier molecular flexibility index (Phi) is 6.45. The molecule has 37 heavy (non-hydrogen) atoms. The Morgan fingerprint density at radius 2 is 1.73 bits per heavy atom. The number of halogens is 2. The molecule has 188 valence electrons. The molecular formula is C25H21Cl2N7O3. The lowest BCUT2D eigenvalue weighted by atomic mass is 10.2. The van der Waals surface area contributed by atoms with E-state index < -0.39 is 17.2 Å². The van der Waals surface area contributed by atoms with Crippen LogP contribution < -0.4 is 16.6 Å². The summed E-state index contributed by atoms with van der Waals surface area (Å²) in [7, 11) is 2.90. The van der Waals surface area contributed by atoms with E-state index in [1.165, 1.54) is 29.6 Å². The molecule has 12 heteroatoms. The summed E-state index contributed by atoms with van der Waals surface area (Å²) in [6.45, 7) is 0.256. The minimum Gasteiger partial charge on any atom is -0.315 e. The van der Waals surface area contributed by atoms with Crippen molar-refractivity contribution in [2.24, 2.45) is 14.1 Å². The third-order valence-corrected chi connectivity index (χ3v) is 6.71. The van der Waals surface area contributed by atoms with Gasteiger partial charge in [0.15, 0.2) is 11.2 Å². The van der Waals surface area contributed by atoms with Crippen LogP contribution in [0.2, 0.25) is 10.0 Å². The van der Waals surface area contributed by atoms with Crippen molar-refractivity contribution in [1.29, 1.82) is 0 Å². The second kappa shape index (κ2) is 9.72. The summed E-state index contributed by atoms with van der Waals surface area (Å²) in [6, 6.07) is 14.9. The molecule has 0 atom stereocenters. The highest BCUT2D eigenvalue weighted by molar-refractivity contribution is 6.42. The maximum absolute atomic E-state index is 13.1. The fourth-order valence-corrected chi connectivity index (χ4v) is 4.34. The summed E-state index contributed by atoms with van der Waals surface area (Å²) in [5.74, 6) is -0.101. The average Bonchev–Trinajstić information content (AvgIpc) is 3.48. The van der Waals surface area contributed by atoms with E-state index in [2.05, 4.69) is 15.3 Å². The number of imidazole rings is 2. The van der Waals surface area contributed by atoms with Crippen LogP contribution in [0, 0.1) is 0 Å². The van der Waals surface area contributed by atoms with Crippen molar-refractivity contribution in [1.82, 2.24) is 28.2 Å². The van der Waals surface area contributed by atoms with Crippen LogP contribution in [0.3, 0.4) is 0 Å². The largest absolute Gasteiger partial charge is 0.332 e. The van der Waals surface area contributed by atoms with Gasteiger partial charge in [-0.1, -0.05) is 59.6 Å². The zero-order chi connectivity index (χ0) is 26.3. The van der Waals surface area contributed by atoms with Crippen LogP contribution in [0.1, 0.15) is 5.56 Å². The summed E-state index contributed by atoms with van der Waals surface area (Å²) in [5.41, 5.74) is 1.68. The lowest BCUT2D eigenvalue weighted by molar-refractivity contribution is -0.116. The molecule has 0 bridgehead atoms. The van der Waals surface area contributed by atoms with Gasteiger partial charge >= 0.3 is 5.69 Å². The lowest BCUT2D eigenvalue weighted by Gasteiger charge is -2.10. The monoisotopic (exact) mass is 537 g/mol. The first kappa shape index (κ1) is 24.5. The fraction of sp³-hybridized carbons (Fsp3) is 0.160. The van der Waals surface area contributed by atoms with Gasteiger partial charge in [-0.25, -0.2) is 14.8 Å². The molecular weight excluding hydrogens is 517 g/mol. The Balaban J connectivity index is 1.48. The minimum absolute atomic E-state index is 0.156. The first-order chi connectivity index (χ1) is 17.7. The van der Waals surface area contributed by atoms with Gasteiger partial charge in [0.2, 0.25) is 11.9 Å². The van der Waals surface area contributed by atoms with Crippen molar-refractivity contribution in [3.63, 3.8) is 0 Å². The molecule has 5 aromatic rings. The molecule has 0 aliphatic rings. The second-order valence-corrected chi connectivity index (χ2v) is 9.31. The fourth-order valence-electron chi connectivity index (χ4n) is 4.05. The molecule has 0 aliphatic carbocycles. The number of aromatic nitrogens is 6. The lowest BCUT2D eigenvalue weighted by Crippen LogP contribution is -2.37. The third kappa shape index (κ3) is 4.68. The number of nitrogens with one attached hydrogen (secondary N) is 1. The smallest absolute Gasteiger partial charge is 0.315 e. The number of benzene rings is 2. The molecule has 0 saturated heterocycles. The van der Waals surface area contributed by atoms with E-state index in [9.17, 15) is 14.4 Å². The summed E-state index contributed by atoms with van der Waals surface area (Å²) in [6.07, 6.45) is 3.18. The predicted octanol–water partition coefficient (Wildman–Crippen LogP) is 3.29. The van der Waals surface area contributed by atoms with Crippen molar-refractivity contribution in [2.45, 2.75) is 13.1 Å². The molecule has 2 aromatic carbocycles. The summed E-state index contributed by atoms with van der Waals surface area (Å²) in [5, 5.41) is 3.66. The van der Waals surface area contributed by atoms with Gasteiger partial charge in [-0.05, 0) is 17.7 Å². The Hall–Kier alpha value is -4.15. The number of rotatable bonds is 6. The van der Waals surface area contributed by atoms with E-state index in [-0.39, 0.29) is 17.7 Å². The van der Waals surface area contributed by atoms with Crippen LogP contribution in [0.4, 0.5) is 5.95 Å². The molecule has 0 saturated carbocycles. The van der Waals surface area contributed by atoms with Gasteiger partial charge in [-0.15, -0.1) is 0 Å². The standard InChI is InChI=1S/C25H21Cl2N7O3/c1-31-22-21(23(36)32(2)25(31)37)34(14-28-22)13-20(35)30-24-29-19(16-8-9-17(26)18(27)10-16)12-33(24)11-15-6-4-3-5-7-15/h3-10,12,14H,11,13H2,1-2H3,(H,29,30,35). The molecule has 10 nitrogen and oxygen atoms in total. The minimum atomic E-state index is -0.532. The van der Waals surface area contributed by atoms with Gasteiger partial charge in [0.25, 0.3) is 5.56 Å². The number of hydrogen-bond acceptors (Lipinski definition) is 5. The van der Waals surface area contributed by atoms with Gasteiger partial charge in [0.05, 0.1) is 28.6 Å². The number of aryl methyl sites for hydroxylation is 1. The van der Waals surface area contributed by atoms with Gasteiger partial charge in [0, 0.05) is 25.9 Å². The number of fused-ring (bicyclic) bond motifs is 1. The SMILES string of the molecule is Cn1c(=O)c2c(ncn2CC(=O)Nc2nc(-c3ccc(Cl)c(Cl)c3)cn2Cc2ccccc2)n(C)c1=O. The number of nitrogens with zero attached hydrogens (tertiary/aromatic N) is 6. The number of carbonyl (C=O) groups is 1. The highest BCUT2D eigenvalue weighted by atomic mass is 35.5. The number of amides is 1. The number of anilines is 1. The zero-order valence-electron chi connectivity index (χ0n) is 19.9. The molecule has 3 aromatic heterocycles. The van der Waals surface area contributed by atoms with Crippen LogP contribution in [-0.2, 0) is 32.0 Å². The average molecular weight is 538 g/mol. The Morgan fingerprint density at radius 3 is 2.46 bits per heavy atom. The maximum Gasteiger partial charge on any atom is 0.332 e. The van der Waals surface area contributed by atoms with Gasteiger partial charge in [0.1, 0.15) is 6.54 Å². The highest BCUT2D eigenvalue weighted by Crippen LogP contribution is 2.29. The van der Waals surface area contributed by atoms with E-state index in [4.69, 9.17) is 23.2 Å². The molecule has 0 unspecified atom stereocenters. The van der Waals surface area contributed by atoms with E-state index in [1.807, 2.05) is 41.1 Å². The van der Waals surface area contributed by atoms with Crippen molar-refractivity contribution < 1.29 is 4.79 Å². The molecule has 0 radical (unpaired) electrons. The van der Waals surface area contributed by atoms with Crippen molar-refractivity contribution in [3.05, 3.63) is 97.5 Å². The molecule has 0 spiro atoms. The topological polar surface area (TPSA) is 109 Å². The van der Waals surface area contributed by atoms with Crippen molar-refractivity contribution >= 4 is 46.2 Å². The zero-order valence-corrected chi connectivity index (χ0v) is 21.4. The van der Waals surface area contributed by atoms with Crippen LogP contribution in [0.15, 0.2) is 70.6 Å². The molecule has 3 heterocycles. The van der Waals surface area contributed by atoms with Gasteiger partial charge < -0.3 is 9.13 Å². The third-order valence-electron chi connectivity index (χ3n) is 5.97. The van der Waals surface area contributed by atoms with Crippen LogP contribution >= 0.6 is 23.2 Å².